The minimum absolute atomic E-state index is 0.0395. The van der Waals surface area contributed by atoms with Crippen LogP contribution in [0.3, 0.4) is 0 Å². The second kappa shape index (κ2) is 13.4. The van der Waals surface area contributed by atoms with Gasteiger partial charge in [-0.2, -0.15) is 0 Å². The van der Waals surface area contributed by atoms with Crippen molar-refractivity contribution in [2.45, 2.75) is 27.7 Å². The molecule has 1 aromatic rings. The summed E-state index contributed by atoms with van der Waals surface area (Å²) < 4.78 is 97.8. The monoisotopic (exact) mass is 566 g/mol. The van der Waals surface area contributed by atoms with Crippen molar-refractivity contribution < 1.29 is 54.5 Å². The van der Waals surface area contributed by atoms with E-state index in [1.54, 1.807) is 27.7 Å². The molecule has 12 nitrogen and oxygen atoms in total. The summed E-state index contributed by atoms with van der Waals surface area (Å²) in [6, 6.07) is 2.41. The average molecular weight is 566 g/mol. The van der Waals surface area contributed by atoms with Gasteiger partial charge in [0.1, 0.15) is 0 Å². The Kier molecular flexibility index (Phi) is 12.5. The highest BCUT2D eigenvalue weighted by atomic mass is 31.2. The Bertz CT molecular complexity index is 975. The van der Waals surface area contributed by atoms with E-state index in [2.05, 4.69) is 0 Å². The van der Waals surface area contributed by atoms with E-state index in [0.29, 0.717) is 0 Å². The minimum atomic E-state index is -4.43. The van der Waals surface area contributed by atoms with Gasteiger partial charge in [0, 0.05) is 28.4 Å². The summed E-state index contributed by atoms with van der Waals surface area (Å²) >= 11 is 0. The summed E-state index contributed by atoms with van der Waals surface area (Å²) in [4.78, 5) is 0. The lowest BCUT2D eigenvalue weighted by atomic mass is 10.3. The molecule has 0 fully saturated rings. The summed E-state index contributed by atoms with van der Waals surface area (Å²) in [5.74, 6) is 0. The molecule has 0 spiro atoms. The van der Waals surface area contributed by atoms with E-state index in [0.717, 1.165) is 28.4 Å². The molecule has 1 rings (SSSR count). The van der Waals surface area contributed by atoms with Crippen LogP contribution in [0.2, 0.25) is 0 Å². The molecule has 0 saturated carbocycles. The number of hydrogen-bond acceptors (Lipinski definition) is 12. The quantitative estimate of drug-likeness (QED) is 0.269. The van der Waals surface area contributed by atoms with E-state index < -0.39 is 41.0 Å². The lowest BCUT2D eigenvalue weighted by Gasteiger charge is -2.30. The lowest BCUT2D eigenvalue weighted by molar-refractivity contribution is 0.226. The van der Waals surface area contributed by atoms with Gasteiger partial charge in [0.05, 0.1) is 47.6 Å². The van der Waals surface area contributed by atoms with Gasteiger partial charge in [0.2, 0.25) is 0 Å². The van der Waals surface area contributed by atoms with Gasteiger partial charge in [0.25, 0.3) is 0 Å². The zero-order chi connectivity index (χ0) is 26.2. The largest absolute Gasteiger partial charge is 0.363 e. The van der Waals surface area contributed by atoms with Crippen molar-refractivity contribution in [2.75, 3.05) is 54.9 Å². The van der Waals surface area contributed by atoms with Crippen LogP contribution in [0.4, 0.5) is 0 Å². The third-order valence-corrected chi connectivity index (χ3v) is 13.2. The van der Waals surface area contributed by atoms with Crippen molar-refractivity contribution in [3.63, 3.8) is 0 Å². The highest BCUT2D eigenvalue weighted by molar-refractivity contribution is 7.74. The highest BCUT2D eigenvalue weighted by Gasteiger charge is 2.49. The maximum absolute atomic E-state index is 14.2. The Morgan fingerprint density at radius 3 is 1.12 bits per heavy atom. The van der Waals surface area contributed by atoms with Gasteiger partial charge in [-0.3, -0.25) is 18.3 Å². The van der Waals surface area contributed by atoms with Gasteiger partial charge < -0.3 is 36.2 Å². The van der Waals surface area contributed by atoms with Gasteiger partial charge in [0.15, 0.2) is 0 Å². The second-order valence-corrected chi connectivity index (χ2v) is 14.5. The molecule has 0 aliphatic rings. The van der Waals surface area contributed by atoms with Crippen molar-refractivity contribution in [1.82, 2.24) is 0 Å². The molecule has 0 aromatic heterocycles. The Morgan fingerprint density at radius 2 is 0.794 bits per heavy atom. The normalized spacial score (nSPS) is 13.4. The predicted molar refractivity (Wildman–Crippen MR) is 130 cm³/mol. The Balaban J connectivity index is 4.51. The van der Waals surface area contributed by atoms with Crippen LogP contribution in [0.25, 0.3) is 0 Å². The van der Waals surface area contributed by atoms with Crippen molar-refractivity contribution in [1.29, 1.82) is 0 Å². The standard InChI is InChI=1S/C18H34O12P4/c1-9-27-32(20,28-10-2)16-14-13-15(31(19,23-5)24-6)17(33(21,25-7)26-8)18(16)34(22,29-11-3)30-12-4/h13-14H,9-12H2,1-8H3. The average Bonchev–Trinajstić information content (AvgIpc) is 2.82. The summed E-state index contributed by atoms with van der Waals surface area (Å²) in [7, 11) is -12.8. The van der Waals surface area contributed by atoms with Gasteiger partial charge in [-0.05, 0) is 39.8 Å². The molecule has 34 heavy (non-hydrogen) atoms. The van der Waals surface area contributed by atoms with E-state index in [1.165, 1.54) is 12.1 Å². The van der Waals surface area contributed by atoms with E-state index in [-0.39, 0.29) is 37.0 Å². The van der Waals surface area contributed by atoms with Crippen molar-refractivity contribution in [2.24, 2.45) is 0 Å². The van der Waals surface area contributed by atoms with Crippen LogP contribution in [-0.2, 0) is 54.5 Å². The molecule has 0 atom stereocenters. The van der Waals surface area contributed by atoms with Gasteiger partial charge in [-0.25, -0.2) is 0 Å². The maximum atomic E-state index is 14.2. The first-order valence-electron chi connectivity index (χ1n) is 10.4. The Morgan fingerprint density at radius 1 is 0.500 bits per heavy atom. The molecule has 0 bridgehead atoms. The number of hydrogen-bond donors (Lipinski definition) is 0. The van der Waals surface area contributed by atoms with Crippen LogP contribution in [0.5, 0.6) is 0 Å². The maximum Gasteiger partial charge on any atom is 0.363 e. The first kappa shape index (κ1) is 31.8. The molecule has 16 heteroatoms. The van der Waals surface area contributed by atoms with Crippen LogP contribution in [0.1, 0.15) is 27.7 Å². The zero-order valence-electron chi connectivity index (χ0n) is 20.7. The molecule has 0 saturated heterocycles. The summed E-state index contributed by atoms with van der Waals surface area (Å²) in [5.41, 5.74) is 0. The summed E-state index contributed by atoms with van der Waals surface area (Å²) in [5, 5.41) is -1.54. The zero-order valence-corrected chi connectivity index (χ0v) is 24.2. The first-order chi connectivity index (χ1) is 16.0. The van der Waals surface area contributed by atoms with Crippen molar-refractivity contribution in [3.8, 4) is 0 Å². The minimum Gasteiger partial charge on any atom is -0.309 e. The predicted octanol–water partition coefficient (Wildman–Crippen LogP) is 3.69. The van der Waals surface area contributed by atoms with Crippen LogP contribution in [0.15, 0.2) is 12.1 Å². The van der Waals surface area contributed by atoms with E-state index in [1.807, 2.05) is 0 Å². The Labute approximate surface area is 201 Å². The molecule has 0 N–H and O–H groups in total. The van der Waals surface area contributed by atoms with E-state index in [4.69, 9.17) is 36.2 Å². The third-order valence-electron chi connectivity index (χ3n) is 4.40. The molecule has 0 aliphatic heterocycles. The van der Waals surface area contributed by atoms with E-state index >= 15 is 0 Å². The molecule has 198 valence electrons. The van der Waals surface area contributed by atoms with Crippen LogP contribution < -0.4 is 21.2 Å². The smallest absolute Gasteiger partial charge is 0.309 e. The van der Waals surface area contributed by atoms with Crippen molar-refractivity contribution >= 4 is 51.6 Å². The second-order valence-electron chi connectivity index (χ2n) is 6.19. The van der Waals surface area contributed by atoms with Crippen LogP contribution >= 0.6 is 30.4 Å². The highest BCUT2D eigenvalue weighted by Crippen LogP contribution is 2.57. The number of benzene rings is 1. The third kappa shape index (κ3) is 6.38. The van der Waals surface area contributed by atoms with Crippen molar-refractivity contribution in [3.05, 3.63) is 12.1 Å². The Hall–Kier alpha value is -0.180. The molecule has 0 radical (unpaired) electrons. The fourth-order valence-corrected chi connectivity index (χ4v) is 11.3. The molecule has 0 aliphatic carbocycles. The topological polar surface area (TPSA) is 142 Å². The number of rotatable bonds is 16. The molecular formula is C18H34O12P4. The summed E-state index contributed by atoms with van der Waals surface area (Å²) in [6.45, 7) is 6.00. The van der Waals surface area contributed by atoms with Gasteiger partial charge in [-0.1, -0.05) is 0 Å². The van der Waals surface area contributed by atoms with Crippen LogP contribution in [-0.4, -0.2) is 54.9 Å². The van der Waals surface area contributed by atoms with Crippen LogP contribution in [0, 0.1) is 0 Å². The fraction of sp³-hybridized carbons (Fsp3) is 0.667. The summed E-state index contributed by atoms with van der Waals surface area (Å²) in [6.07, 6.45) is 0. The van der Waals surface area contributed by atoms with Gasteiger partial charge >= 0.3 is 30.4 Å². The molecule has 0 amide bonds. The molecule has 0 unspecified atom stereocenters. The molecule has 0 heterocycles. The molecular weight excluding hydrogens is 532 g/mol. The van der Waals surface area contributed by atoms with Gasteiger partial charge in [-0.15, -0.1) is 0 Å². The SMILES string of the molecule is CCOP(=O)(OCC)c1ccc(P(=O)(OC)OC)c(P(=O)(OC)OC)c1P(=O)(OCC)OCC. The van der Waals surface area contributed by atoms with E-state index in [9.17, 15) is 18.3 Å². The molecule has 1 aromatic carbocycles. The first-order valence-corrected chi connectivity index (χ1v) is 16.5. The fourth-order valence-electron chi connectivity index (χ4n) is 3.09. The lowest BCUT2D eigenvalue weighted by Crippen LogP contribution is -2.47.